The van der Waals surface area contributed by atoms with Gasteiger partial charge in [0.1, 0.15) is 5.76 Å². The van der Waals surface area contributed by atoms with Crippen molar-refractivity contribution in [2.24, 2.45) is 0 Å². The minimum atomic E-state index is -2.77. The van der Waals surface area contributed by atoms with E-state index in [1.807, 2.05) is 19.4 Å². The number of alkyl halides is 2. The maximum atomic E-state index is 12.6. The van der Waals surface area contributed by atoms with Crippen LogP contribution in [0, 0.1) is 6.42 Å². The molecule has 0 spiro atoms. The number of ether oxygens (including phenoxy) is 2. The molecule has 0 saturated carbocycles. The number of allylic oxidation sites excluding steroid dienone is 2. The quantitative estimate of drug-likeness (QED) is 0.788. The van der Waals surface area contributed by atoms with Crippen molar-refractivity contribution < 1.29 is 18.3 Å². The van der Waals surface area contributed by atoms with E-state index in [-0.39, 0.29) is 6.04 Å². The summed E-state index contributed by atoms with van der Waals surface area (Å²) in [7, 11) is 0. The topological polar surface area (TPSA) is 24.9 Å². The van der Waals surface area contributed by atoms with Crippen LogP contribution < -0.4 is 0 Å². The molecule has 21 heavy (non-hydrogen) atoms. The molecule has 0 amide bonds. The van der Waals surface area contributed by atoms with E-state index in [4.69, 9.17) is 9.47 Å². The Balaban J connectivity index is 1.59. The van der Waals surface area contributed by atoms with Crippen LogP contribution in [-0.2, 0) is 9.47 Å². The van der Waals surface area contributed by atoms with Gasteiger partial charge in [0.25, 0.3) is 0 Å². The first-order valence-electron chi connectivity index (χ1n) is 7.37. The standard InChI is InChI=1S/C15H21F2N2O2/c1-11-2-3-13(14(8-11)21-15(16)17)19-6-4-18(5-7-19)12-9-20-10-12/h2-3,8,12-13,15H,4-7,9-10H2,1H3. The second-order valence-corrected chi connectivity index (χ2v) is 5.74. The van der Waals surface area contributed by atoms with Gasteiger partial charge in [0, 0.05) is 32.6 Å². The molecule has 1 atom stereocenters. The maximum Gasteiger partial charge on any atom is 0.387 e. The van der Waals surface area contributed by atoms with Gasteiger partial charge in [-0.25, -0.2) is 0 Å². The highest BCUT2D eigenvalue weighted by Crippen LogP contribution is 2.26. The van der Waals surface area contributed by atoms with Crippen molar-refractivity contribution in [2.45, 2.75) is 25.6 Å². The van der Waals surface area contributed by atoms with Crippen LogP contribution in [0.25, 0.3) is 0 Å². The number of nitrogens with zero attached hydrogens (tertiary/aromatic N) is 2. The zero-order valence-corrected chi connectivity index (χ0v) is 12.2. The highest BCUT2D eigenvalue weighted by Gasteiger charge is 2.33. The summed E-state index contributed by atoms with van der Waals surface area (Å²) in [5, 5.41) is 0. The minimum Gasteiger partial charge on any atom is -0.438 e. The van der Waals surface area contributed by atoms with Gasteiger partial charge in [-0.2, -0.15) is 8.78 Å². The fourth-order valence-corrected chi connectivity index (χ4v) is 3.02. The van der Waals surface area contributed by atoms with Gasteiger partial charge >= 0.3 is 6.61 Å². The summed E-state index contributed by atoms with van der Waals surface area (Å²) in [6.45, 7) is 4.35. The van der Waals surface area contributed by atoms with Crippen LogP contribution in [0.1, 0.15) is 6.92 Å². The lowest BCUT2D eigenvalue weighted by Gasteiger charge is -2.45. The summed E-state index contributed by atoms with van der Waals surface area (Å²) in [6, 6.07) is 0.361. The molecule has 0 N–H and O–H groups in total. The van der Waals surface area contributed by atoms with Crippen molar-refractivity contribution in [3.8, 4) is 0 Å². The highest BCUT2D eigenvalue weighted by atomic mass is 19.3. The molecule has 1 radical (unpaired) electrons. The first-order chi connectivity index (χ1) is 10.1. The molecule has 2 fully saturated rings. The van der Waals surface area contributed by atoms with Crippen molar-refractivity contribution in [1.82, 2.24) is 9.80 Å². The van der Waals surface area contributed by atoms with E-state index >= 15 is 0 Å². The minimum absolute atomic E-state index is 0.178. The van der Waals surface area contributed by atoms with E-state index in [0.29, 0.717) is 11.8 Å². The monoisotopic (exact) mass is 299 g/mol. The third kappa shape index (κ3) is 3.44. The van der Waals surface area contributed by atoms with Crippen molar-refractivity contribution in [3.63, 3.8) is 0 Å². The van der Waals surface area contributed by atoms with Gasteiger partial charge in [-0.3, -0.25) is 9.80 Å². The lowest BCUT2D eigenvalue weighted by Crippen LogP contribution is -2.58. The first-order valence-corrected chi connectivity index (χ1v) is 7.37. The fourth-order valence-electron chi connectivity index (χ4n) is 3.02. The first kappa shape index (κ1) is 14.9. The van der Waals surface area contributed by atoms with E-state index in [1.54, 1.807) is 6.08 Å². The lowest BCUT2D eigenvalue weighted by molar-refractivity contribution is -0.110. The van der Waals surface area contributed by atoms with Crippen LogP contribution in [0.3, 0.4) is 0 Å². The van der Waals surface area contributed by atoms with Gasteiger partial charge in [0.15, 0.2) is 0 Å². The molecule has 3 rings (SSSR count). The second kappa shape index (κ2) is 6.42. The molecule has 0 aromatic rings. The molecule has 6 heteroatoms. The van der Waals surface area contributed by atoms with E-state index in [1.165, 1.54) is 0 Å². The van der Waals surface area contributed by atoms with E-state index < -0.39 is 6.61 Å². The van der Waals surface area contributed by atoms with Gasteiger partial charge in [-0.1, -0.05) is 11.6 Å². The lowest BCUT2D eigenvalue weighted by atomic mass is 9.99. The zero-order valence-electron chi connectivity index (χ0n) is 12.2. The Morgan fingerprint density at radius 3 is 2.43 bits per heavy atom. The summed E-state index contributed by atoms with van der Waals surface area (Å²) in [4.78, 5) is 4.62. The molecule has 0 aromatic heterocycles. The number of rotatable bonds is 4. The molecule has 0 aromatic carbocycles. The number of hydrogen-bond acceptors (Lipinski definition) is 4. The second-order valence-electron chi connectivity index (χ2n) is 5.74. The van der Waals surface area contributed by atoms with Crippen molar-refractivity contribution >= 4 is 0 Å². The van der Waals surface area contributed by atoms with Gasteiger partial charge in [0.2, 0.25) is 0 Å². The molecular weight excluding hydrogens is 278 g/mol. The average Bonchev–Trinajstić information content (AvgIpc) is 2.37. The Morgan fingerprint density at radius 1 is 1.19 bits per heavy atom. The summed E-state index contributed by atoms with van der Waals surface area (Å²) in [5.41, 5.74) is 0.937. The van der Waals surface area contributed by atoms with Crippen molar-refractivity contribution in [2.75, 3.05) is 39.4 Å². The van der Waals surface area contributed by atoms with Crippen LogP contribution in [-0.4, -0.2) is 67.9 Å². The van der Waals surface area contributed by atoms with E-state index in [2.05, 4.69) is 9.80 Å². The number of halogens is 2. The molecule has 1 aliphatic carbocycles. The smallest absolute Gasteiger partial charge is 0.387 e. The van der Waals surface area contributed by atoms with Gasteiger partial charge in [-0.05, 0) is 13.0 Å². The normalized spacial score (nSPS) is 29.0. The number of piperazine rings is 1. The molecular formula is C15H21F2N2O2. The Labute approximate surface area is 124 Å². The fraction of sp³-hybridized carbons (Fsp3) is 0.667. The van der Waals surface area contributed by atoms with E-state index in [0.717, 1.165) is 45.0 Å². The molecule has 0 bridgehead atoms. The molecule has 3 aliphatic rings. The molecule has 117 valence electrons. The van der Waals surface area contributed by atoms with Crippen molar-refractivity contribution in [1.29, 1.82) is 0 Å². The summed E-state index contributed by atoms with van der Waals surface area (Å²) < 4.78 is 35.1. The molecule has 2 aliphatic heterocycles. The Hall–Kier alpha value is -0.980. The van der Waals surface area contributed by atoms with Crippen LogP contribution >= 0.6 is 0 Å². The summed E-state index contributed by atoms with van der Waals surface area (Å²) in [6.07, 6.45) is 5.63. The Bertz CT molecular complexity index is 427. The summed E-state index contributed by atoms with van der Waals surface area (Å²) in [5.74, 6) is 0.352. The van der Waals surface area contributed by atoms with Crippen LogP contribution in [0.2, 0.25) is 0 Å². The predicted molar refractivity (Wildman–Crippen MR) is 74.8 cm³/mol. The van der Waals surface area contributed by atoms with Crippen LogP contribution in [0.4, 0.5) is 8.78 Å². The predicted octanol–water partition coefficient (Wildman–Crippen LogP) is 1.66. The summed E-state index contributed by atoms with van der Waals surface area (Å²) >= 11 is 0. The van der Waals surface area contributed by atoms with Crippen LogP contribution in [0.5, 0.6) is 0 Å². The molecule has 4 nitrogen and oxygen atoms in total. The number of hydrogen-bond donors (Lipinski definition) is 0. The average molecular weight is 299 g/mol. The van der Waals surface area contributed by atoms with E-state index in [9.17, 15) is 8.78 Å². The maximum absolute atomic E-state index is 12.6. The third-order valence-electron chi connectivity index (χ3n) is 4.31. The van der Waals surface area contributed by atoms with Gasteiger partial charge in [0.05, 0.1) is 25.3 Å². The SMILES string of the molecule is CC1=C[CH]C(N2CCN(C3COC3)CC2)C(OC(F)F)=C1. The molecule has 1 unspecified atom stereocenters. The molecule has 2 saturated heterocycles. The van der Waals surface area contributed by atoms with Gasteiger partial charge in [-0.15, -0.1) is 0 Å². The Kier molecular flexibility index (Phi) is 4.57. The Morgan fingerprint density at radius 2 is 1.86 bits per heavy atom. The van der Waals surface area contributed by atoms with Crippen molar-refractivity contribution in [3.05, 3.63) is 29.9 Å². The van der Waals surface area contributed by atoms with Crippen LogP contribution in [0.15, 0.2) is 23.5 Å². The van der Waals surface area contributed by atoms with Gasteiger partial charge < -0.3 is 9.47 Å². The highest BCUT2D eigenvalue weighted by molar-refractivity contribution is 5.33. The zero-order chi connectivity index (χ0) is 14.8. The molecule has 2 heterocycles. The third-order valence-corrected chi connectivity index (χ3v) is 4.31. The largest absolute Gasteiger partial charge is 0.438 e.